The number of pyridine rings is 1. The van der Waals surface area contributed by atoms with Gasteiger partial charge in [-0.2, -0.15) is 0 Å². The second-order valence-electron chi connectivity index (χ2n) is 6.71. The minimum atomic E-state index is 0.0118. The highest BCUT2D eigenvalue weighted by Gasteiger charge is 2.23. The van der Waals surface area contributed by atoms with Crippen molar-refractivity contribution in [3.63, 3.8) is 0 Å². The maximum atomic E-state index is 12.6. The summed E-state index contributed by atoms with van der Waals surface area (Å²) in [7, 11) is 3.29. The van der Waals surface area contributed by atoms with Gasteiger partial charge in [-0.25, -0.2) is 0 Å². The third kappa shape index (κ3) is 2.94. The lowest BCUT2D eigenvalue weighted by atomic mass is 9.95. The Morgan fingerprint density at radius 2 is 2.15 bits per heavy atom. The quantitative estimate of drug-likeness (QED) is 0.892. The SMILES string of the molecule is COc1ccc2c(c1OC)CCn1c-2cc(NCC2CCCO2)cc1=O. The zero-order chi connectivity index (χ0) is 18.1. The summed E-state index contributed by atoms with van der Waals surface area (Å²) in [6, 6.07) is 7.61. The molecule has 0 radical (unpaired) electrons. The fourth-order valence-corrected chi connectivity index (χ4v) is 3.89. The number of nitrogens with zero attached hydrogens (tertiary/aromatic N) is 1. The molecular weight excluding hydrogens is 332 g/mol. The van der Waals surface area contributed by atoms with Gasteiger partial charge in [-0.15, -0.1) is 0 Å². The number of methoxy groups -OCH3 is 2. The molecule has 0 bridgehead atoms. The van der Waals surface area contributed by atoms with Gasteiger partial charge in [0.05, 0.1) is 26.0 Å². The number of fused-ring (bicyclic) bond motifs is 3. The van der Waals surface area contributed by atoms with Crippen LogP contribution in [0.3, 0.4) is 0 Å². The molecule has 3 heterocycles. The first-order valence-electron chi connectivity index (χ1n) is 9.06. The van der Waals surface area contributed by atoms with Crippen molar-refractivity contribution in [2.45, 2.75) is 31.9 Å². The van der Waals surface area contributed by atoms with Crippen molar-refractivity contribution in [2.75, 3.05) is 32.7 Å². The van der Waals surface area contributed by atoms with Gasteiger partial charge in [-0.1, -0.05) is 0 Å². The normalized spacial score (nSPS) is 18.2. The van der Waals surface area contributed by atoms with Crippen molar-refractivity contribution in [2.24, 2.45) is 0 Å². The molecule has 1 saturated heterocycles. The van der Waals surface area contributed by atoms with Crippen molar-refractivity contribution < 1.29 is 14.2 Å². The lowest BCUT2D eigenvalue weighted by molar-refractivity contribution is 0.120. The molecule has 138 valence electrons. The number of benzene rings is 1. The summed E-state index contributed by atoms with van der Waals surface area (Å²) >= 11 is 0. The van der Waals surface area contributed by atoms with Gasteiger partial charge in [0, 0.05) is 42.6 Å². The molecule has 2 aromatic rings. The van der Waals surface area contributed by atoms with Crippen molar-refractivity contribution in [1.29, 1.82) is 0 Å². The Kier molecular flexibility index (Phi) is 4.59. The average molecular weight is 356 g/mol. The number of rotatable bonds is 5. The molecule has 1 atom stereocenters. The van der Waals surface area contributed by atoms with Crippen LogP contribution < -0.4 is 20.3 Å². The Morgan fingerprint density at radius 1 is 1.27 bits per heavy atom. The van der Waals surface area contributed by atoms with Gasteiger partial charge < -0.3 is 24.1 Å². The lowest BCUT2D eigenvalue weighted by Crippen LogP contribution is -2.27. The third-order valence-corrected chi connectivity index (χ3v) is 5.20. The number of hydrogen-bond acceptors (Lipinski definition) is 5. The van der Waals surface area contributed by atoms with Crippen LogP contribution in [0.4, 0.5) is 5.69 Å². The van der Waals surface area contributed by atoms with Gasteiger partial charge in [0.15, 0.2) is 11.5 Å². The molecule has 6 heteroatoms. The van der Waals surface area contributed by atoms with E-state index in [1.165, 1.54) is 0 Å². The summed E-state index contributed by atoms with van der Waals surface area (Å²) in [5.74, 6) is 1.47. The Bertz CT molecular complexity index is 869. The number of nitrogens with one attached hydrogen (secondary N) is 1. The molecule has 6 nitrogen and oxygen atoms in total. The van der Waals surface area contributed by atoms with Gasteiger partial charge in [-0.05, 0) is 37.5 Å². The van der Waals surface area contributed by atoms with Gasteiger partial charge in [0.2, 0.25) is 0 Å². The van der Waals surface area contributed by atoms with Crippen molar-refractivity contribution in [3.8, 4) is 22.8 Å². The molecule has 2 aliphatic rings. The molecule has 1 aromatic carbocycles. The smallest absolute Gasteiger partial charge is 0.253 e. The van der Waals surface area contributed by atoms with E-state index in [1.54, 1.807) is 20.3 Å². The van der Waals surface area contributed by atoms with E-state index >= 15 is 0 Å². The summed E-state index contributed by atoms with van der Waals surface area (Å²) in [6.07, 6.45) is 3.14. The highest BCUT2D eigenvalue weighted by Crippen LogP contribution is 2.40. The summed E-state index contributed by atoms with van der Waals surface area (Å²) < 4.78 is 18.5. The monoisotopic (exact) mass is 356 g/mol. The first-order chi connectivity index (χ1) is 12.7. The van der Waals surface area contributed by atoms with E-state index in [2.05, 4.69) is 5.32 Å². The second-order valence-corrected chi connectivity index (χ2v) is 6.71. The highest BCUT2D eigenvalue weighted by molar-refractivity contribution is 5.74. The highest BCUT2D eigenvalue weighted by atomic mass is 16.5. The predicted octanol–water partition coefficient (Wildman–Crippen LogP) is 2.68. The van der Waals surface area contributed by atoms with Gasteiger partial charge in [0.25, 0.3) is 5.56 Å². The maximum absolute atomic E-state index is 12.6. The van der Waals surface area contributed by atoms with Gasteiger partial charge >= 0.3 is 0 Å². The topological polar surface area (TPSA) is 61.7 Å². The van der Waals surface area contributed by atoms with Crippen LogP contribution in [-0.2, 0) is 17.7 Å². The van der Waals surface area contributed by atoms with Crippen molar-refractivity contribution >= 4 is 5.69 Å². The van der Waals surface area contributed by atoms with E-state index in [1.807, 2.05) is 22.8 Å². The molecule has 1 aromatic heterocycles. The molecular formula is C20H24N2O4. The van der Waals surface area contributed by atoms with E-state index < -0.39 is 0 Å². The Morgan fingerprint density at radius 3 is 2.88 bits per heavy atom. The molecule has 2 aliphatic heterocycles. The third-order valence-electron chi connectivity index (χ3n) is 5.20. The van der Waals surface area contributed by atoms with E-state index in [9.17, 15) is 4.79 Å². The van der Waals surface area contributed by atoms with Crippen LogP contribution in [-0.4, -0.2) is 38.0 Å². The summed E-state index contributed by atoms with van der Waals surface area (Å²) in [5.41, 5.74) is 3.86. The average Bonchev–Trinajstić information content (AvgIpc) is 3.18. The number of hydrogen-bond donors (Lipinski definition) is 1. The van der Waals surface area contributed by atoms with E-state index in [4.69, 9.17) is 14.2 Å². The molecule has 4 rings (SSSR count). The van der Waals surface area contributed by atoms with Crippen LogP contribution in [0.25, 0.3) is 11.3 Å². The number of aromatic nitrogens is 1. The summed E-state index contributed by atoms with van der Waals surface area (Å²) in [4.78, 5) is 12.6. The Balaban J connectivity index is 1.71. The molecule has 0 saturated carbocycles. The second kappa shape index (κ2) is 7.03. The van der Waals surface area contributed by atoms with Crippen LogP contribution in [0.5, 0.6) is 11.5 Å². The van der Waals surface area contributed by atoms with Crippen LogP contribution in [0.1, 0.15) is 18.4 Å². The van der Waals surface area contributed by atoms with E-state index in [0.717, 1.165) is 66.4 Å². The molecule has 26 heavy (non-hydrogen) atoms. The molecule has 1 N–H and O–H groups in total. The Hall–Kier alpha value is -2.47. The summed E-state index contributed by atoms with van der Waals surface area (Å²) in [5, 5.41) is 3.37. The van der Waals surface area contributed by atoms with E-state index in [-0.39, 0.29) is 11.7 Å². The van der Waals surface area contributed by atoms with Gasteiger partial charge in [-0.3, -0.25) is 4.79 Å². The standard InChI is InChI=1S/C20H24N2O4/c1-24-18-6-5-15-16(20(18)25-2)7-8-22-17(15)10-13(11-19(22)23)21-12-14-4-3-9-26-14/h5-6,10-11,14,21H,3-4,7-9,12H2,1-2H3. The van der Waals surface area contributed by atoms with E-state index in [0.29, 0.717) is 6.54 Å². The van der Waals surface area contributed by atoms with Crippen LogP contribution in [0.2, 0.25) is 0 Å². The fourth-order valence-electron chi connectivity index (χ4n) is 3.89. The minimum Gasteiger partial charge on any atom is -0.493 e. The van der Waals surface area contributed by atoms with Crippen LogP contribution >= 0.6 is 0 Å². The molecule has 1 fully saturated rings. The first-order valence-corrected chi connectivity index (χ1v) is 9.06. The lowest BCUT2D eigenvalue weighted by Gasteiger charge is -2.25. The minimum absolute atomic E-state index is 0.0118. The first kappa shape index (κ1) is 17.0. The van der Waals surface area contributed by atoms with Crippen molar-refractivity contribution in [1.82, 2.24) is 4.57 Å². The maximum Gasteiger partial charge on any atom is 0.253 e. The number of ether oxygens (including phenoxy) is 3. The molecule has 0 aliphatic carbocycles. The zero-order valence-electron chi connectivity index (χ0n) is 15.2. The van der Waals surface area contributed by atoms with Crippen molar-refractivity contribution in [3.05, 3.63) is 40.2 Å². The largest absolute Gasteiger partial charge is 0.493 e. The summed E-state index contributed by atoms with van der Waals surface area (Å²) in [6.45, 7) is 2.19. The zero-order valence-corrected chi connectivity index (χ0v) is 15.2. The number of anilines is 1. The van der Waals surface area contributed by atoms with Gasteiger partial charge in [0.1, 0.15) is 0 Å². The van der Waals surface area contributed by atoms with Crippen LogP contribution in [0, 0.1) is 0 Å². The fraction of sp³-hybridized carbons (Fsp3) is 0.450. The molecule has 0 spiro atoms. The predicted molar refractivity (Wildman–Crippen MR) is 100 cm³/mol. The van der Waals surface area contributed by atoms with Crippen LogP contribution in [0.15, 0.2) is 29.1 Å². The molecule has 1 unspecified atom stereocenters. The Labute approximate surface area is 152 Å². The molecule has 0 amide bonds.